The number of anilines is 1. The van der Waals surface area contributed by atoms with Crippen molar-refractivity contribution >= 4 is 11.6 Å². The molecule has 1 amide bonds. The Balaban J connectivity index is 2.40. The van der Waals surface area contributed by atoms with Gasteiger partial charge in [-0.3, -0.25) is 4.79 Å². The third-order valence-electron chi connectivity index (χ3n) is 4.14. The van der Waals surface area contributed by atoms with Crippen LogP contribution in [0.2, 0.25) is 0 Å². The molecule has 1 aromatic carbocycles. The van der Waals surface area contributed by atoms with Crippen molar-refractivity contribution in [1.29, 1.82) is 0 Å². The molecule has 0 radical (unpaired) electrons. The van der Waals surface area contributed by atoms with Crippen molar-refractivity contribution in [2.24, 2.45) is 0 Å². The first-order valence-electron chi connectivity index (χ1n) is 8.01. The van der Waals surface area contributed by atoms with Crippen LogP contribution < -0.4 is 4.90 Å². The lowest BCUT2D eigenvalue weighted by Gasteiger charge is -2.29. The van der Waals surface area contributed by atoms with E-state index in [1.807, 2.05) is 0 Å². The van der Waals surface area contributed by atoms with Crippen molar-refractivity contribution in [3.63, 3.8) is 0 Å². The highest BCUT2D eigenvalue weighted by atomic mass is 19.4. The molecule has 0 spiro atoms. The molecule has 1 unspecified atom stereocenters. The summed E-state index contributed by atoms with van der Waals surface area (Å²) in [6.45, 7) is 1.48. The normalized spacial score (nSPS) is 18.8. The Morgan fingerprint density at radius 1 is 1.32 bits per heavy atom. The van der Waals surface area contributed by atoms with E-state index in [4.69, 9.17) is 9.47 Å². The second-order valence-corrected chi connectivity index (χ2v) is 6.17. The van der Waals surface area contributed by atoms with Crippen LogP contribution in [0.5, 0.6) is 0 Å². The minimum atomic E-state index is -4.52. The number of halogens is 3. The van der Waals surface area contributed by atoms with Gasteiger partial charge in [0.15, 0.2) is 0 Å². The van der Waals surface area contributed by atoms with Crippen LogP contribution in [0.1, 0.15) is 22.3 Å². The van der Waals surface area contributed by atoms with Crippen LogP contribution in [0.3, 0.4) is 0 Å². The van der Waals surface area contributed by atoms with Crippen LogP contribution in [0, 0.1) is 0 Å². The summed E-state index contributed by atoms with van der Waals surface area (Å²) in [4.78, 5) is 16.0. The van der Waals surface area contributed by atoms with Crippen molar-refractivity contribution in [3.05, 3.63) is 29.3 Å². The molecule has 0 N–H and O–H groups in total. The maximum atomic E-state index is 13.2. The number of alkyl halides is 3. The van der Waals surface area contributed by atoms with E-state index in [0.717, 1.165) is 12.1 Å². The van der Waals surface area contributed by atoms with Gasteiger partial charge in [-0.25, -0.2) is 0 Å². The molecule has 140 valence electrons. The van der Waals surface area contributed by atoms with Crippen LogP contribution in [-0.4, -0.2) is 64.4 Å². The fourth-order valence-corrected chi connectivity index (χ4v) is 2.78. The molecule has 0 bridgehead atoms. The Labute approximate surface area is 145 Å². The second kappa shape index (κ2) is 8.05. The van der Waals surface area contributed by atoms with E-state index in [-0.39, 0.29) is 11.6 Å². The lowest BCUT2D eigenvalue weighted by Crippen LogP contribution is -2.43. The third-order valence-corrected chi connectivity index (χ3v) is 4.14. The van der Waals surface area contributed by atoms with Crippen LogP contribution in [0.15, 0.2) is 18.2 Å². The summed E-state index contributed by atoms with van der Waals surface area (Å²) in [5, 5.41) is 0. The predicted octanol–water partition coefficient (Wildman–Crippen LogP) is 2.65. The fourth-order valence-electron chi connectivity index (χ4n) is 2.78. The first-order chi connectivity index (χ1) is 11.7. The van der Waals surface area contributed by atoms with Gasteiger partial charge in [0, 0.05) is 45.6 Å². The SMILES string of the molecule is COCC1CCOCCN1C(=O)c1cc(N(C)C)cc(C(F)(F)F)c1. The number of rotatable bonds is 4. The fraction of sp³-hybridized carbons (Fsp3) is 0.588. The largest absolute Gasteiger partial charge is 0.416 e. The van der Waals surface area contributed by atoms with E-state index < -0.39 is 17.6 Å². The number of carbonyl (C=O) groups excluding carboxylic acids is 1. The number of nitrogens with zero attached hydrogens (tertiary/aromatic N) is 2. The zero-order chi connectivity index (χ0) is 18.6. The standard InChI is InChI=1S/C17H23F3N2O3/c1-21(2)15-9-12(8-13(10-15)17(18,19)20)16(23)22-5-7-25-6-4-14(22)11-24-3/h8-10,14H,4-7,11H2,1-3H3. The van der Waals surface area contributed by atoms with Gasteiger partial charge in [-0.1, -0.05) is 0 Å². The van der Waals surface area contributed by atoms with Gasteiger partial charge in [0.05, 0.1) is 24.8 Å². The number of hydrogen-bond acceptors (Lipinski definition) is 4. The maximum Gasteiger partial charge on any atom is 0.416 e. The summed E-state index contributed by atoms with van der Waals surface area (Å²) in [7, 11) is 4.80. The van der Waals surface area contributed by atoms with Gasteiger partial charge in [-0.05, 0) is 24.6 Å². The Hall–Kier alpha value is -1.80. The van der Waals surface area contributed by atoms with Gasteiger partial charge in [0.1, 0.15) is 0 Å². The lowest BCUT2D eigenvalue weighted by molar-refractivity contribution is -0.137. The van der Waals surface area contributed by atoms with E-state index in [1.54, 1.807) is 23.9 Å². The average molecular weight is 360 g/mol. The quantitative estimate of drug-likeness (QED) is 0.828. The summed E-state index contributed by atoms with van der Waals surface area (Å²) in [5.41, 5.74) is -0.495. The molecular formula is C17H23F3N2O3. The first-order valence-corrected chi connectivity index (χ1v) is 8.01. The van der Waals surface area contributed by atoms with Crippen molar-refractivity contribution in [2.75, 3.05) is 52.5 Å². The molecule has 8 heteroatoms. The number of carbonyl (C=O) groups is 1. The molecule has 1 heterocycles. The molecule has 2 rings (SSSR count). The molecule has 25 heavy (non-hydrogen) atoms. The highest BCUT2D eigenvalue weighted by molar-refractivity contribution is 5.95. The van der Waals surface area contributed by atoms with Crippen molar-refractivity contribution in [3.8, 4) is 0 Å². The summed E-state index contributed by atoms with van der Waals surface area (Å²) in [6, 6.07) is 3.20. The van der Waals surface area contributed by atoms with Crippen molar-refractivity contribution in [1.82, 2.24) is 4.90 Å². The van der Waals surface area contributed by atoms with Crippen LogP contribution in [0.4, 0.5) is 18.9 Å². The van der Waals surface area contributed by atoms with Gasteiger partial charge in [-0.15, -0.1) is 0 Å². The van der Waals surface area contributed by atoms with Gasteiger partial charge in [0.2, 0.25) is 0 Å². The molecule has 0 saturated carbocycles. The van der Waals surface area contributed by atoms with Crippen LogP contribution >= 0.6 is 0 Å². The Morgan fingerprint density at radius 3 is 2.64 bits per heavy atom. The van der Waals surface area contributed by atoms with Crippen LogP contribution in [-0.2, 0) is 15.7 Å². The zero-order valence-corrected chi connectivity index (χ0v) is 14.6. The van der Waals surface area contributed by atoms with Crippen molar-refractivity contribution < 1.29 is 27.4 Å². The molecule has 5 nitrogen and oxygen atoms in total. The summed E-state index contributed by atoms with van der Waals surface area (Å²) in [6.07, 6.45) is -3.94. The summed E-state index contributed by atoms with van der Waals surface area (Å²) >= 11 is 0. The predicted molar refractivity (Wildman–Crippen MR) is 87.9 cm³/mol. The van der Waals surface area contributed by atoms with Gasteiger partial charge in [-0.2, -0.15) is 13.2 Å². The molecule has 0 aliphatic carbocycles. The summed E-state index contributed by atoms with van der Waals surface area (Å²) < 4.78 is 50.1. The zero-order valence-electron chi connectivity index (χ0n) is 14.6. The lowest BCUT2D eigenvalue weighted by atomic mass is 10.1. The smallest absolute Gasteiger partial charge is 0.383 e. The molecule has 0 aromatic heterocycles. The first kappa shape index (κ1) is 19.5. The number of methoxy groups -OCH3 is 1. The second-order valence-electron chi connectivity index (χ2n) is 6.17. The van der Waals surface area contributed by atoms with E-state index in [9.17, 15) is 18.0 Å². The van der Waals surface area contributed by atoms with Crippen LogP contribution in [0.25, 0.3) is 0 Å². The van der Waals surface area contributed by atoms with E-state index in [2.05, 4.69) is 0 Å². The molecule has 1 saturated heterocycles. The van der Waals surface area contributed by atoms with E-state index in [1.165, 1.54) is 13.2 Å². The third kappa shape index (κ3) is 4.85. The maximum absolute atomic E-state index is 13.2. The molecule has 1 aliphatic rings. The minimum absolute atomic E-state index is 0.0153. The average Bonchev–Trinajstić information content (AvgIpc) is 2.78. The van der Waals surface area contributed by atoms with Gasteiger partial charge >= 0.3 is 6.18 Å². The summed E-state index contributed by atoms with van der Waals surface area (Å²) in [5.74, 6) is -0.443. The Bertz CT molecular complexity index is 605. The topological polar surface area (TPSA) is 42.0 Å². The highest BCUT2D eigenvalue weighted by Crippen LogP contribution is 2.33. The molecule has 1 atom stereocenters. The number of amides is 1. The molecule has 1 fully saturated rings. The molecule has 1 aliphatic heterocycles. The monoisotopic (exact) mass is 360 g/mol. The number of benzene rings is 1. The van der Waals surface area contributed by atoms with E-state index in [0.29, 0.717) is 38.5 Å². The van der Waals surface area contributed by atoms with E-state index >= 15 is 0 Å². The number of ether oxygens (including phenoxy) is 2. The molecular weight excluding hydrogens is 337 g/mol. The van der Waals surface area contributed by atoms with Gasteiger partial charge < -0.3 is 19.3 Å². The number of hydrogen-bond donors (Lipinski definition) is 0. The minimum Gasteiger partial charge on any atom is -0.383 e. The Morgan fingerprint density at radius 2 is 2.04 bits per heavy atom. The van der Waals surface area contributed by atoms with Crippen molar-refractivity contribution in [2.45, 2.75) is 18.6 Å². The highest BCUT2D eigenvalue weighted by Gasteiger charge is 2.33. The molecule has 1 aromatic rings. The Kier molecular flexibility index (Phi) is 6.29. The van der Waals surface area contributed by atoms with Gasteiger partial charge in [0.25, 0.3) is 5.91 Å².